The molecule has 0 aliphatic heterocycles. The van der Waals surface area contributed by atoms with Crippen molar-refractivity contribution >= 4 is 12.0 Å². The van der Waals surface area contributed by atoms with Gasteiger partial charge in [-0.15, -0.1) is 6.58 Å². The molecule has 0 spiro atoms. The van der Waals surface area contributed by atoms with E-state index in [1.54, 1.807) is 6.08 Å². The van der Waals surface area contributed by atoms with E-state index in [0.29, 0.717) is 37.7 Å². The number of hydrogen-bond acceptors (Lipinski definition) is 4. The maximum atomic E-state index is 11.9. The first-order valence-corrected chi connectivity index (χ1v) is 9.43. The number of carbonyl (C=O) groups excluding carboxylic acids is 1. The minimum absolute atomic E-state index is 0.333. The van der Waals surface area contributed by atoms with Crippen LogP contribution in [-0.4, -0.2) is 25.8 Å². The first kappa shape index (κ1) is 23.3. The van der Waals surface area contributed by atoms with Crippen molar-refractivity contribution in [1.82, 2.24) is 0 Å². The van der Waals surface area contributed by atoms with Gasteiger partial charge in [-0.05, 0) is 65.0 Å². The van der Waals surface area contributed by atoms with Gasteiger partial charge in [0.1, 0.15) is 24.7 Å². The molecule has 0 aromatic heterocycles. The summed E-state index contributed by atoms with van der Waals surface area (Å²) >= 11 is 0. The molecule has 0 fully saturated rings. The number of carbonyl (C=O) groups is 1. The van der Waals surface area contributed by atoms with E-state index in [-0.39, 0.29) is 5.97 Å². The number of hydrogen-bond donors (Lipinski definition) is 0. The fraction of sp³-hybridized carbons (Fsp3) is 0.375. The number of ether oxygens (including phenoxy) is 3. The molecule has 0 aliphatic carbocycles. The van der Waals surface area contributed by atoms with Crippen LogP contribution in [0.15, 0.2) is 59.7 Å². The van der Waals surface area contributed by atoms with Gasteiger partial charge in [-0.3, -0.25) is 0 Å². The Hall–Kier alpha value is -2.75. The summed E-state index contributed by atoms with van der Waals surface area (Å²) in [5, 5.41) is 0. The van der Waals surface area contributed by atoms with E-state index in [2.05, 4.69) is 6.58 Å². The number of esters is 1. The molecule has 1 rings (SSSR count). The molecule has 28 heavy (non-hydrogen) atoms. The van der Waals surface area contributed by atoms with Crippen LogP contribution >= 0.6 is 0 Å². The molecule has 0 bridgehead atoms. The third-order valence-electron chi connectivity index (χ3n) is 3.63. The Morgan fingerprint density at radius 3 is 2.25 bits per heavy atom. The lowest BCUT2D eigenvalue weighted by Crippen LogP contribution is -2.02. The Kier molecular flexibility index (Phi) is 10.5. The Balaban J connectivity index is 2.87. The summed E-state index contributed by atoms with van der Waals surface area (Å²) in [5.41, 5.74) is 4.14. The van der Waals surface area contributed by atoms with Gasteiger partial charge in [0.05, 0.1) is 6.61 Å². The average molecular weight is 385 g/mol. The van der Waals surface area contributed by atoms with Gasteiger partial charge < -0.3 is 14.2 Å². The van der Waals surface area contributed by atoms with E-state index in [1.165, 1.54) is 17.2 Å². The molecule has 1 aromatic carbocycles. The maximum Gasteiger partial charge on any atom is 0.330 e. The molecular formula is C24H32O4. The first-order chi connectivity index (χ1) is 13.3. The fourth-order valence-corrected chi connectivity index (χ4v) is 2.00. The van der Waals surface area contributed by atoms with Crippen molar-refractivity contribution in [2.75, 3.05) is 19.8 Å². The third kappa shape index (κ3) is 10.4. The molecule has 0 unspecified atom stereocenters. The second-order valence-corrected chi connectivity index (χ2v) is 7.09. The first-order valence-electron chi connectivity index (χ1n) is 9.43. The summed E-state index contributed by atoms with van der Waals surface area (Å²) in [6.45, 7) is 15.1. The predicted molar refractivity (Wildman–Crippen MR) is 116 cm³/mol. The lowest BCUT2D eigenvalue weighted by Gasteiger charge is -2.11. The van der Waals surface area contributed by atoms with Gasteiger partial charge in [0, 0.05) is 24.1 Å². The smallest absolute Gasteiger partial charge is 0.330 e. The molecule has 1 aromatic rings. The molecule has 0 amide bonds. The molecule has 152 valence electrons. The van der Waals surface area contributed by atoms with E-state index in [0.717, 1.165) is 11.1 Å². The van der Waals surface area contributed by atoms with Gasteiger partial charge in [-0.2, -0.15) is 0 Å². The molecule has 4 heteroatoms. The standard InChI is InChI=1S/C24H32O4/c1-18(2)11-14-26-22-9-7-21(23(17-22)27-15-12-19(3)4)8-10-24(25)28-16-13-20(5)6/h7-12,17H,5,13-16H2,1-4,6H3. The minimum Gasteiger partial charge on any atom is -0.489 e. The second-order valence-electron chi connectivity index (χ2n) is 7.09. The Bertz CT molecular complexity index is 746. The molecule has 0 saturated carbocycles. The molecule has 0 radical (unpaired) electrons. The normalized spacial score (nSPS) is 10.3. The second kappa shape index (κ2) is 12.6. The molecule has 0 aliphatic rings. The molecule has 0 saturated heterocycles. The SMILES string of the molecule is C=C(C)CCOC(=O)C=Cc1ccc(OCC=C(C)C)cc1OCC=C(C)C. The lowest BCUT2D eigenvalue weighted by atomic mass is 10.1. The van der Waals surface area contributed by atoms with Crippen LogP contribution < -0.4 is 9.47 Å². The molecule has 0 atom stereocenters. The van der Waals surface area contributed by atoms with Crippen molar-refractivity contribution in [3.8, 4) is 11.5 Å². The molecular weight excluding hydrogens is 352 g/mol. The fourth-order valence-electron chi connectivity index (χ4n) is 2.00. The Morgan fingerprint density at radius 1 is 1.00 bits per heavy atom. The van der Waals surface area contributed by atoms with Crippen LogP contribution in [0.25, 0.3) is 6.08 Å². The summed E-state index contributed by atoms with van der Waals surface area (Å²) in [4.78, 5) is 11.9. The van der Waals surface area contributed by atoms with Crippen molar-refractivity contribution in [3.05, 3.63) is 65.3 Å². The summed E-state index contributed by atoms with van der Waals surface area (Å²) < 4.78 is 16.8. The minimum atomic E-state index is -0.389. The van der Waals surface area contributed by atoms with E-state index in [4.69, 9.17) is 14.2 Å². The van der Waals surface area contributed by atoms with Gasteiger partial charge in [0.25, 0.3) is 0 Å². The van der Waals surface area contributed by atoms with Crippen LogP contribution in [0.1, 0.15) is 46.6 Å². The van der Waals surface area contributed by atoms with E-state index >= 15 is 0 Å². The molecule has 0 heterocycles. The van der Waals surface area contributed by atoms with E-state index in [1.807, 2.05) is 65.0 Å². The summed E-state index contributed by atoms with van der Waals surface area (Å²) in [7, 11) is 0. The highest BCUT2D eigenvalue weighted by Gasteiger charge is 2.05. The van der Waals surface area contributed by atoms with Crippen molar-refractivity contribution in [3.63, 3.8) is 0 Å². The highest BCUT2D eigenvalue weighted by Crippen LogP contribution is 2.26. The highest BCUT2D eigenvalue weighted by molar-refractivity contribution is 5.87. The zero-order chi connectivity index (χ0) is 20.9. The molecule has 4 nitrogen and oxygen atoms in total. The van der Waals surface area contributed by atoms with Crippen molar-refractivity contribution in [1.29, 1.82) is 0 Å². The monoisotopic (exact) mass is 384 g/mol. The number of rotatable bonds is 11. The van der Waals surface area contributed by atoms with Gasteiger partial charge in [-0.25, -0.2) is 4.79 Å². The quantitative estimate of drug-likeness (QED) is 0.271. The predicted octanol–water partition coefficient (Wildman–Crippen LogP) is 5.90. The van der Waals surface area contributed by atoms with Gasteiger partial charge in [-0.1, -0.05) is 16.7 Å². The van der Waals surface area contributed by atoms with Gasteiger partial charge >= 0.3 is 5.97 Å². The largest absolute Gasteiger partial charge is 0.489 e. The zero-order valence-electron chi connectivity index (χ0n) is 17.7. The van der Waals surface area contributed by atoms with Crippen LogP contribution in [0.4, 0.5) is 0 Å². The van der Waals surface area contributed by atoms with Crippen molar-refractivity contribution < 1.29 is 19.0 Å². The average Bonchev–Trinajstić information content (AvgIpc) is 2.60. The summed E-state index contributed by atoms with van der Waals surface area (Å²) in [5.74, 6) is 0.976. The Labute approximate surface area is 169 Å². The third-order valence-corrected chi connectivity index (χ3v) is 3.63. The van der Waals surface area contributed by atoms with Crippen LogP contribution in [0.3, 0.4) is 0 Å². The van der Waals surface area contributed by atoms with Crippen molar-refractivity contribution in [2.24, 2.45) is 0 Å². The van der Waals surface area contributed by atoms with E-state index in [9.17, 15) is 4.79 Å². The summed E-state index contributed by atoms with van der Waals surface area (Å²) in [6, 6.07) is 5.57. The van der Waals surface area contributed by atoms with Crippen LogP contribution in [0.5, 0.6) is 11.5 Å². The van der Waals surface area contributed by atoms with Gasteiger partial charge in [0.2, 0.25) is 0 Å². The van der Waals surface area contributed by atoms with E-state index < -0.39 is 0 Å². The number of allylic oxidation sites excluding steroid dienone is 2. The number of benzene rings is 1. The van der Waals surface area contributed by atoms with Crippen LogP contribution in [0.2, 0.25) is 0 Å². The molecule has 0 N–H and O–H groups in total. The van der Waals surface area contributed by atoms with Crippen LogP contribution in [0, 0.1) is 0 Å². The van der Waals surface area contributed by atoms with Crippen molar-refractivity contribution in [2.45, 2.75) is 41.0 Å². The van der Waals surface area contributed by atoms with Crippen LogP contribution in [-0.2, 0) is 9.53 Å². The Morgan fingerprint density at radius 2 is 1.64 bits per heavy atom. The maximum absolute atomic E-state index is 11.9. The van der Waals surface area contributed by atoms with Gasteiger partial charge in [0.15, 0.2) is 0 Å². The highest BCUT2D eigenvalue weighted by atomic mass is 16.5. The zero-order valence-corrected chi connectivity index (χ0v) is 17.7. The lowest BCUT2D eigenvalue weighted by molar-refractivity contribution is -0.137. The summed E-state index contributed by atoms with van der Waals surface area (Å²) in [6.07, 6.45) is 7.77. The topological polar surface area (TPSA) is 44.8 Å².